The molecule has 184 valence electrons. The average molecular weight is 505 g/mol. The van der Waals surface area contributed by atoms with Gasteiger partial charge in [0.15, 0.2) is 0 Å². The van der Waals surface area contributed by atoms with E-state index in [1.165, 1.54) is 12.1 Å². The molecule has 0 aromatic heterocycles. The molecule has 0 unspecified atom stereocenters. The van der Waals surface area contributed by atoms with Gasteiger partial charge in [-0.2, -0.15) is 13.2 Å². The Bertz CT molecular complexity index is 1170. The molecule has 35 heavy (non-hydrogen) atoms. The first-order valence-corrected chi connectivity index (χ1v) is 11.5. The van der Waals surface area contributed by atoms with Gasteiger partial charge in [-0.05, 0) is 41.5 Å². The first-order valence-electron chi connectivity index (χ1n) is 11.1. The maximum absolute atomic E-state index is 14.1. The average Bonchev–Trinajstić information content (AvgIpc) is 2.83. The van der Waals surface area contributed by atoms with Crippen LogP contribution in [0, 0.1) is 0 Å². The summed E-state index contributed by atoms with van der Waals surface area (Å²) in [6, 6.07) is 17.8. The van der Waals surface area contributed by atoms with Crippen molar-refractivity contribution in [1.82, 2.24) is 4.90 Å². The van der Waals surface area contributed by atoms with Gasteiger partial charge < -0.3 is 14.8 Å². The topological polar surface area (TPSA) is 50.8 Å². The van der Waals surface area contributed by atoms with Crippen LogP contribution in [-0.2, 0) is 24.1 Å². The van der Waals surface area contributed by atoms with Gasteiger partial charge in [0.2, 0.25) is 0 Å². The Morgan fingerprint density at radius 3 is 2.46 bits per heavy atom. The van der Waals surface area contributed by atoms with Gasteiger partial charge in [0.25, 0.3) is 5.91 Å². The molecule has 1 saturated heterocycles. The van der Waals surface area contributed by atoms with Crippen molar-refractivity contribution in [2.24, 2.45) is 0 Å². The summed E-state index contributed by atoms with van der Waals surface area (Å²) in [5, 5.41) is 3.01. The number of rotatable bonds is 7. The molecule has 0 atom stereocenters. The molecule has 1 heterocycles. The van der Waals surface area contributed by atoms with Crippen LogP contribution in [0.2, 0.25) is 5.02 Å². The molecular formula is C26H24ClF3N2O3. The lowest BCUT2D eigenvalue weighted by molar-refractivity contribution is -0.138. The third kappa shape index (κ3) is 6.75. The minimum atomic E-state index is -4.65. The highest BCUT2D eigenvalue weighted by molar-refractivity contribution is 6.31. The molecule has 0 spiro atoms. The summed E-state index contributed by atoms with van der Waals surface area (Å²) in [7, 11) is 0. The van der Waals surface area contributed by atoms with Gasteiger partial charge in [-0.3, -0.25) is 9.69 Å². The fourth-order valence-corrected chi connectivity index (χ4v) is 4.00. The number of benzene rings is 3. The summed E-state index contributed by atoms with van der Waals surface area (Å²) in [5.74, 6) is -0.650. The van der Waals surface area contributed by atoms with Crippen molar-refractivity contribution in [1.29, 1.82) is 0 Å². The highest BCUT2D eigenvalue weighted by Crippen LogP contribution is 2.37. The van der Waals surface area contributed by atoms with Crippen molar-refractivity contribution >= 4 is 23.2 Å². The van der Waals surface area contributed by atoms with Gasteiger partial charge in [-0.15, -0.1) is 0 Å². The van der Waals surface area contributed by atoms with E-state index < -0.39 is 17.6 Å². The van der Waals surface area contributed by atoms with Crippen LogP contribution in [0.4, 0.5) is 18.9 Å². The van der Waals surface area contributed by atoms with E-state index in [2.05, 4.69) is 5.32 Å². The van der Waals surface area contributed by atoms with Gasteiger partial charge in [-0.1, -0.05) is 48.0 Å². The molecule has 1 aliphatic heterocycles. The molecule has 1 fully saturated rings. The van der Waals surface area contributed by atoms with Crippen LogP contribution in [0.15, 0.2) is 66.7 Å². The number of ether oxygens (including phenoxy) is 2. The fraction of sp³-hybridized carbons (Fsp3) is 0.269. The number of anilines is 1. The summed E-state index contributed by atoms with van der Waals surface area (Å²) in [4.78, 5) is 15.0. The number of alkyl halides is 3. The van der Waals surface area contributed by atoms with Gasteiger partial charge in [0, 0.05) is 30.3 Å². The van der Waals surface area contributed by atoms with Crippen LogP contribution in [0.1, 0.15) is 27.0 Å². The Morgan fingerprint density at radius 1 is 1.03 bits per heavy atom. The van der Waals surface area contributed by atoms with Crippen LogP contribution in [-0.4, -0.2) is 37.1 Å². The van der Waals surface area contributed by atoms with E-state index in [0.29, 0.717) is 37.0 Å². The predicted molar refractivity (Wildman–Crippen MR) is 128 cm³/mol. The second kappa shape index (κ2) is 11.1. The number of hydrogen-bond acceptors (Lipinski definition) is 4. The standard InChI is InChI=1S/C26H24ClF3N2O3/c27-20-7-4-8-21(14-20)31-25(33)22-15-23(26(28,29)30)19(16-32-9-11-34-12-10-32)13-24(22)35-17-18-5-2-1-3-6-18/h1-8,13-15H,9-12,16-17H2,(H,31,33). The second-order valence-corrected chi connectivity index (χ2v) is 8.57. The third-order valence-corrected chi connectivity index (χ3v) is 5.81. The lowest BCUT2D eigenvalue weighted by atomic mass is 10.0. The van der Waals surface area contributed by atoms with E-state index in [4.69, 9.17) is 21.1 Å². The number of amides is 1. The molecule has 9 heteroatoms. The summed E-state index contributed by atoms with van der Waals surface area (Å²) < 4.78 is 53.4. The summed E-state index contributed by atoms with van der Waals surface area (Å²) in [6.07, 6.45) is -4.65. The van der Waals surface area contributed by atoms with E-state index in [9.17, 15) is 18.0 Å². The number of carbonyl (C=O) groups is 1. The minimum absolute atomic E-state index is 0.0433. The van der Waals surface area contributed by atoms with Crippen LogP contribution < -0.4 is 10.1 Å². The van der Waals surface area contributed by atoms with E-state index >= 15 is 0 Å². The molecule has 5 nitrogen and oxygen atoms in total. The summed E-state index contributed by atoms with van der Waals surface area (Å²) in [5.41, 5.74) is 0.152. The number of halogens is 4. The van der Waals surface area contributed by atoms with Gasteiger partial charge in [0.05, 0.1) is 24.3 Å². The van der Waals surface area contributed by atoms with Gasteiger partial charge >= 0.3 is 6.18 Å². The van der Waals surface area contributed by atoms with E-state index in [1.54, 1.807) is 18.2 Å². The molecule has 0 saturated carbocycles. The summed E-state index contributed by atoms with van der Waals surface area (Å²) in [6.45, 7) is 2.12. The minimum Gasteiger partial charge on any atom is -0.488 e. The Kier molecular flexibility index (Phi) is 7.95. The Labute approximate surface area is 206 Å². The van der Waals surface area contributed by atoms with Crippen molar-refractivity contribution in [3.05, 3.63) is 94.0 Å². The number of carbonyl (C=O) groups excluding carboxylic acids is 1. The van der Waals surface area contributed by atoms with Crippen LogP contribution in [0.3, 0.4) is 0 Å². The van der Waals surface area contributed by atoms with E-state index in [-0.39, 0.29) is 30.0 Å². The highest BCUT2D eigenvalue weighted by atomic mass is 35.5. The van der Waals surface area contributed by atoms with E-state index in [0.717, 1.165) is 11.6 Å². The normalized spacial score (nSPS) is 14.5. The molecule has 3 aromatic carbocycles. The maximum atomic E-state index is 14.1. The molecule has 0 bridgehead atoms. The fourth-order valence-electron chi connectivity index (χ4n) is 3.81. The smallest absolute Gasteiger partial charge is 0.416 e. The number of hydrogen-bond donors (Lipinski definition) is 1. The highest BCUT2D eigenvalue weighted by Gasteiger charge is 2.36. The second-order valence-electron chi connectivity index (χ2n) is 8.13. The molecule has 3 aromatic rings. The van der Waals surface area contributed by atoms with Crippen LogP contribution >= 0.6 is 11.6 Å². The quantitative estimate of drug-likeness (QED) is 0.427. The van der Waals surface area contributed by atoms with Crippen molar-refractivity contribution in [3.63, 3.8) is 0 Å². The van der Waals surface area contributed by atoms with Crippen LogP contribution in [0.5, 0.6) is 5.75 Å². The Balaban J connectivity index is 1.71. The molecule has 0 radical (unpaired) electrons. The predicted octanol–water partition coefficient (Wildman–Crippen LogP) is 6.02. The lowest BCUT2D eigenvalue weighted by Crippen LogP contribution is -2.36. The first-order chi connectivity index (χ1) is 16.8. The first kappa shape index (κ1) is 25.0. The molecule has 4 rings (SSSR count). The number of nitrogens with one attached hydrogen (secondary N) is 1. The Hall–Kier alpha value is -3.07. The monoisotopic (exact) mass is 504 g/mol. The number of morpholine rings is 1. The molecular weight excluding hydrogens is 481 g/mol. The van der Waals surface area contributed by atoms with Crippen molar-refractivity contribution < 1.29 is 27.4 Å². The zero-order chi connectivity index (χ0) is 24.8. The zero-order valence-corrected chi connectivity index (χ0v) is 19.5. The molecule has 1 aliphatic rings. The maximum Gasteiger partial charge on any atom is 0.416 e. The summed E-state index contributed by atoms with van der Waals surface area (Å²) >= 11 is 5.98. The van der Waals surface area contributed by atoms with Crippen molar-refractivity contribution in [3.8, 4) is 5.75 Å². The Morgan fingerprint density at radius 2 is 1.77 bits per heavy atom. The van der Waals surface area contributed by atoms with Gasteiger partial charge in [-0.25, -0.2) is 0 Å². The SMILES string of the molecule is O=C(Nc1cccc(Cl)c1)c1cc(C(F)(F)F)c(CN2CCOCC2)cc1OCc1ccccc1. The molecule has 1 N–H and O–H groups in total. The zero-order valence-electron chi connectivity index (χ0n) is 18.8. The number of nitrogens with zero attached hydrogens (tertiary/aromatic N) is 1. The van der Waals surface area contributed by atoms with Crippen molar-refractivity contribution in [2.45, 2.75) is 19.3 Å². The van der Waals surface area contributed by atoms with Gasteiger partial charge in [0.1, 0.15) is 12.4 Å². The molecule has 0 aliphatic carbocycles. The largest absolute Gasteiger partial charge is 0.488 e. The van der Waals surface area contributed by atoms with Crippen LogP contribution in [0.25, 0.3) is 0 Å². The molecule has 1 amide bonds. The third-order valence-electron chi connectivity index (χ3n) is 5.57. The van der Waals surface area contributed by atoms with Crippen molar-refractivity contribution in [2.75, 3.05) is 31.6 Å². The van der Waals surface area contributed by atoms with E-state index in [1.807, 2.05) is 35.2 Å². The lowest BCUT2D eigenvalue weighted by Gasteiger charge is -2.28.